The van der Waals surface area contributed by atoms with Crippen LogP contribution in [0.15, 0.2) is 47.6 Å². The molecule has 98 valence electrons. The van der Waals surface area contributed by atoms with Crippen LogP contribution in [0.5, 0.6) is 5.75 Å². The van der Waals surface area contributed by atoms with Crippen molar-refractivity contribution in [1.29, 1.82) is 0 Å². The van der Waals surface area contributed by atoms with Crippen molar-refractivity contribution in [3.05, 3.63) is 58.6 Å². The van der Waals surface area contributed by atoms with Gasteiger partial charge in [0.2, 0.25) is 0 Å². The van der Waals surface area contributed by atoms with Gasteiger partial charge < -0.3 is 4.74 Å². The van der Waals surface area contributed by atoms with Gasteiger partial charge in [-0.2, -0.15) is 5.10 Å². The minimum absolute atomic E-state index is 0.724. The maximum Gasteiger partial charge on any atom is 0.119 e. The van der Waals surface area contributed by atoms with Crippen molar-refractivity contribution < 1.29 is 4.74 Å². The van der Waals surface area contributed by atoms with E-state index in [1.165, 1.54) is 0 Å². The molecule has 0 saturated carbocycles. The summed E-state index contributed by atoms with van der Waals surface area (Å²) < 4.78 is 5.15. The lowest BCUT2D eigenvalue weighted by molar-refractivity contribution is 0.415. The lowest BCUT2D eigenvalue weighted by atomic mass is 10.2. The highest BCUT2D eigenvalue weighted by molar-refractivity contribution is 6.31. The van der Waals surface area contributed by atoms with E-state index in [0.29, 0.717) is 0 Å². The summed E-state index contributed by atoms with van der Waals surface area (Å²) in [5.74, 6) is 0.808. The highest BCUT2D eigenvalue weighted by atomic mass is 35.5. The Morgan fingerprint density at radius 2 is 2.05 bits per heavy atom. The SMILES string of the molecule is COc1cccc(/C=N/Nc2ccc(C)c(Cl)c2)c1. The normalized spacial score (nSPS) is 10.7. The average molecular weight is 275 g/mol. The number of halogens is 1. The van der Waals surface area contributed by atoms with Crippen LogP contribution in [-0.4, -0.2) is 13.3 Å². The number of anilines is 1. The van der Waals surface area contributed by atoms with E-state index in [1.54, 1.807) is 13.3 Å². The van der Waals surface area contributed by atoms with E-state index in [-0.39, 0.29) is 0 Å². The molecule has 1 N–H and O–H groups in total. The first-order valence-corrected chi connectivity index (χ1v) is 6.26. The Morgan fingerprint density at radius 1 is 1.21 bits per heavy atom. The molecule has 0 atom stereocenters. The summed E-state index contributed by atoms with van der Waals surface area (Å²) in [4.78, 5) is 0. The van der Waals surface area contributed by atoms with Gasteiger partial charge in [-0.3, -0.25) is 5.43 Å². The molecule has 0 aromatic heterocycles. The van der Waals surface area contributed by atoms with Crippen LogP contribution in [0, 0.1) is 6.92 Å². The number of benzene rings is 2. The maximum absolute atomic E-state index is 6.04. The molecule has 2 aromatic rings. The van der Waals surface area contributed by atoms with Crippen LogP contribution in [0.2, 0.25) is 5.02 Å². The van der Waals surface area contributed by atoms with Gasteiger partial charge in [-0.15, -0.1) is 0 Å². The van der Waals surface area contributed by atoms with Crippen molar-refractivity contribution in [1.82, 2.24) is 0 Å². The van der Waals surface area contributed by atoms with E-state index in [1.807, 2.05) is 49.4 Å². The second-order valence-corrected chi connectivity index (χ2v) is 4.52. The number of aryl methyl sites for hydroxylation is 1. The van der Waals surface area contributed by atoms with Crippen molar-refractivity contribution >= 4 is 23.5 Å². The van der Waals surface area contributed by atoms with Crippen LogP contribution in [0.4, 0.5) is 5.69 Å². The molecule has 0 aliphatic heterocycles. The number of nitrogens with zero attached hydrogens (tertiary/aromatic N) is 1. The van der Waals surface area contributed by atoms with Crippen molar-refractivity contribution in [3.8, 4) is 5.75 Å². The fraction of sp³-hybridized carbons (Fsp3) is 0.133. The molecule has 0 heterocycles. The summed E-state index contributed by atoms with van der Waals surface area (Å²) in [6, 6.07) is 13.4. The van der Waals surface area contributed by atoms with Gasteiger partial charge in [-0.05, 0) is 42.3 Å². The molecular formula is C15H15ClN2O. The van der Waals surface area contributed by atoms with Gasteiger partial charge in [0.1, 0.15) is 5.75 Å². The predicted octanol–water partition coefficient (Wildman–Crippen LogP) is 4.10. The molecule has 0 spiro atoms. The minimum atomic E-state index is 0.724. The topological polar surface area (TPSA) is 33.6 Å². The maximum atomic E-state index is 6.04. The molecule has 3 nitrogen and oxygen atoms in total. The van der Waals surface area contributed by atoms with Crippen molar-refractivity contribution in [3.63, 3.8) is 0 Å². The molecule has 0 bridgehead atoms. The van der Waals surface area contributed by atoms with E-state index in [2.05, 4.69) is 10.5 Å². The van der Waals surface area contributed by atoms with Gasteiger partial charge in [-0.25, -0.2) is 0 Å². The highest BCUT2D eigenvalue weighted by Crippen LogP contribution is 2.19. The monoisotopic (exact) mass is 274 g/mol. The van der Waals surface area contributed by atoms with Crippen LogP contribution in [-0.2, 0) is 0 Å². The van der Waals surface area contributed by atoms with E-state index < -0.39 is 0 Å². The zero-order chi connectivity index (χ0) is 13.7. The summed E-state index contributed by atoms with van der Waals surface area (Å²) >= 11 is 6.04. The molecule has 2 rings (SSSR count). The first kappa shape index (κ1) is 13.4. The van der Waals surface area contributed by atoms with Crippen LogP contribution in [0.3, 0.4) is 0 Å². The number of hydrogen-bond acceptors (Lipinski definition) is 3. The number of rotatable bonds is 4. The van der Waals surface area contributed by atoms with E-state index in [0.717, 1.165) is 27.6 Å². The third-order valence-corrected chi connectivity index (χ3v) is 3.08. The molecule has 0 radical (unpaired) electrons. The third kappa shape index (κ3) is 3.73. The van der Waals surface area contributed by atoms with Crippen molar-refractivity contribution in [2.24, 2.45) is 5.10 Å². The Balaban J connectivity index is 2.04. The number of ether oxygens (including phenoxy) is 1. The zero-order valence-corrected chi connectivity index (χ0v) is 11.6. The largest absolute Gasteiger partial charge is 0.497 e. The van der Waals surface area contributed by atoms with Gasteiger partial charge in [0.05, 0.1) is 19.0 Å². The minimum Gasteiger partial charge on any atom is -0.497 e. The van der Waals surface area contributed by atoms with E-state index in [4.69, 9.17) is 16.3 Å². The van der Waals surface area contributed by atoms with Crippen molar-refractivity contribution in [2.75, 3.05) is 12.5 Å². The van der Waals surface area contributed by atoms with Gasteiger partial charge in [0.25, 0.3) is 0 Å². The van der Waals surface area contributed by atoms with Gasteiger partial charge >= 0.3 is 0 Å². The Morgan fingerprint density at radius 3 is 2.79 bits per heavy atom. The predicted molar refractivity (Wildman–Crippen MR) is 80.4 cm³/mol. The molecule has 0 amide bonds. The van der Waals surface area contributed by atoms with Crippen LogP contribution in [0.1, 0.15) is 11.1 Å². The molecule has 2 aromatic carbocycles. The number of methoxy groups -OCH3 is 1. The quantitative estimate of drug-likeness (QED) is 0.673. The van der Waals surface area contributed by atoms with Gasteiger partial charge in [-0.1, -0.05) is 29.8 Å². The molecular weight excluding hydrogens is 260 g/mol. The zero-order valence-electron chi connectivity index (χ0n) is 10.9. The Kier molecular flexibility index (Phi) is 4.42. The van der Waals surface area contributed by atoms with Gasteiger partial charge in [0.15, 0.2) is 0 Å². The molecule has 4 heteroatoms. The van der Waals surface area contributed by atoms with Gasteiger partial charge in [0, 0.05) is 5.02 Å². The van der Waals surface area contributed by atoms with E-state index in [9.17, 15) is 0 Å². The summed E-state index contributed by atoms with van der Waals surface area (Å²) in [6.07, 6.45) is 1.73. The molecule has 0 aliphatic rings. The molecule has 19 heavy (non-hydrogen) atoms. The molecule has 0 fully saturated rings. The standard InChI is InChI=1S/C15H15ClN2O/c1-11-6-7-13(9-15(11)16)18-17-10-12-4-3-5-14(8-12)19-2/h3-10,18H,1-2H3/b17-10+. The summed E-state index contributed by atoms with van der Waals surface area (Å²) in [5.41, 5.74) is 5.81. The first-order valence-electron chi connectivity index (χ1n) is 5.88. The molecule has 0 unspecified atom stereocenters. The second-order valence-electron chi connectivity index (χ2n) is 4.11. The molecule has 0 saturated heterocycles. The highest BCUT2D eigenvalue weighted by Gasteiger charge is 1.96. The summed E-state index contributed by atoms with van der Waals surface area (Å²) in [6.45, 7) is 1.96. The average Bonchev–Trinajstić information content (AvgIpc) is 2.43. The van der Waals surface area contributed by atoms with Crippen molar-refractivity contribution in [2.45, 2.75) is 6.92 Å². The lowest BCUT2D eigenvalue weighted by Crippen LogP contribution is -1.91. The Bertz CT molecular complexity index is 596. The summed E-state index contributed by atoms with van der Waals surface area (Å²) in [7, 11) is 1.64. The Hall–Kier alpha value is -2.00. The van der Waals surface area contributed by atoms with Crippen LogP contribution in [0.25, 0.3) is 0 Å². The number of hydrazone groups is 1. The van der Waals surface area contributed by atoms with E-state index >= 15 is 0 Å². The lowest BCUT2D eigenvalue weighted by Gasteiger charge is -2.03. The fourth-order valence-corrected chi connectivity index (χ4v) is 1.75. The third-order valence-electron chi connectivity index (χ3n) is 2.67. The number of nitrogens with one attached hydrogen (secondary N) is 1. The summed E-state index contributed by atoms with van der Waals surface area (Å²) in [5, 5.41) is 4.89. The smallest absolute Gasteiger partial charge is 0.119 e. The fourth-order valence-electron chi connectivity index (χ4n) is 1.57. The molecule has 0 aliphatic carbocycles. The first-order chi connectivity index (χ1) is 9.19. The second kappa shape index (κ2) is 6.25. The van der Waals surface area contributed by atoms with Crippen LogP contribution >= 0.6 is 11.6 Å². The Labute approximate surface area is 117 Å². The number of hydrogen-bond donors (Lipinski definition) is 1. The van der Waals surface area contributed by atoms with Crippen LogP contribution < -0.4 is 10.2 Å².